The van der Waals surface area contributed by atoms with Gasteiger partial charge in [-0.25, -0.2) is 0 Å². The van der Waals surface area contributed by atoms with E-state index in [0.29, 0.717) is 0 Å². The van der Waals surface area contributed by atoms with Gasteiger partial charge in [0.2, 0.25) is 5.91 Å². The summed E-state index contributed by atoms with van der Waals surface area (Å²) >= 11 is 1.62. The van der Waals surface area contributed by atoms with Crippen molar-refractivity contribution in [1.82, 2.24) is 9.47 Å². The molecule has 5 heteroatoms. The molecule has 0 aliphatic carbocycles. The van der Waals surface area contributed by atoms with Gasteiger partial charge >= 0.3 is 0 Å². The first-order valence-electron chi connectivity index (χ1n) is 8.12. The summed E-state index contributed by atoms with van der Waals surface area (Å²) in [6, 6.07) is 12.2. The Morgan fingerprint density at radius 2 is 2.12 bits per heavy atom. The molecule has 3 rings (SSSR count). The SMILES string of the molecule is C[C@H](C(=O)Nc1ccc2ccn(CCN(C)C)c2c1)c1cccs1. The summed E-state index contributed by atoms with van der Waals surface area (Å²) in [5.41, 5.74) is 2.00. The second kappa shape index (κ2) is 7.20. The van der Waals surface area contributed by atoms with E-state index in [0.717, 1.165) is 29.2 Å². The molecule has 0 aliphatic heterocycles. The maximum Gasteiger partial charge on any atom is 0.232 e. The molecule has 0 saturated heterocycles. The lowest BCUT2D eigenvalue weighted by atomic mass is 10.1. The van der Waals surface area contributed by atoms with Gasteiger partial charge in [0.1, 0.15) is 0 Å². The number of benzene rings is 1. The first-order chi connectivity index (χ1) is 11.5. The van der Waals surface area contributed by atoms with Gasteiger partial charge in [-0.1, -0.05) is 12.1 Å². The maximum absolute atomic E-state index is 12.5. The molecule has 1 amide bonds. The Hall–Kier alpha value is -2.11. The van der Waals surface area contributed by atoms with Crippen LogP contribution in [0.25, 0.3) is 10.9 Å². The molecule has 0 bridgehead atoms. The van der Waals surface area contributed by atoms with Crippen LogP contribution in [0.2, 0.25) is 0 Å². The Bertz CT molecular complexity index is 820. The van der Waals surface area contributed by atoms with Crippen molar-refractivity contribution in [1.29, 1.82) is 0 Å². The van der Waals surface area contributed by atoms with Crippen LogP contribution >= 0.6 is 11.3 Å². The van der Waals surface area contributed by atoms with Crippen molar-refractivity contribution in [3.63, 3.8) is 0 Å². The zero-order valence-corrected chi connectivity index (χ0v) is 15.1. The highest BCUT2D eigenvalue weighted by Crippen LogP contribution is 2.24. The fourth-order valence-electron chi connectivity index (χ4n) is 2.68. The van der Waals surface area contributed by atoms with Gasteiger partial charge in [-0.3, -0.25) is 4.79 Å². The Kier molecular flexibility index (Phi) is 5.02. The minimum atomic E-state index is -0.138. The van der Waals surface area contributed by atoms with Crippen molar-refractivity contribution in [2.75, 3.05) is 26.0 Å². The van der Waals surface area contributed by atoms with Crippen LogP contribution in [0.15, 0.2) is 48.0 Å². The summed E-state index contributed by atoms with van der Waals surface area (Å²) in [5.74, 6) is -0.107. The number of likely N-dealkylation sites (N-methyl/N-ethyl adjacent to an activating group) is 1. The van der Waals surface area contributed by atoms with Gasteiger partial charge in [0, 0.05) is 29.9 Å². The minimum Gasteiger partial charge on any atom is -0.346 e. The zero-order valence-electron chi connectivity index (χ0n) is 14.3. The molecule has 126 valence electrons. The highest BCUT2D eigenvalue weighted by atomic mass is 32.1. The predicted octanol–water partition coefficient (Wildman–Crippen LogP) is 4.01. The quantitative estimate of drug-likeness (QED) is 0.735. The Balaban J connectivity index is 1.77. The van der Waals surface area contributed by atoms with Crippen LogP contribution in [0.3, 0.4) is 0 Å². The highest BCUT2D eigenvalue weighted by Gasteiger charge is 2.16. The lowest BCUT2D eigenvalue weighted by Crippen LogP contribution is -2.18. The number of rotatable bonds is 6. The summed E-state index contributed by atoms with van der Waals surface area (Å²) in [6.07, 6.45) is 2.11. The van der Waals surface area contributed by atoms with Crippen LogP contribution in [0.1, 0.15) is 17.7 Å². The number of nitrogens with one attached hydrogen (secondary N) is 1. The number of aromatic nitrogens is 1. The van der Waals surface area contributed by atoms with Crippen molar-refractivity contribution in [3.8, 4) is 0 Å². The number of hydrogen-bond donors (Lipinski definition) is 1. The Labute approximate surface area is 146 Å². The number of anilines is 1. The van der Waals surface area contributed by atoms with E-state index in [-0.39, 0.29) is 11.8 Å². The fourth-order valence-corrected chi connectivity index (χ4v) is 3.46. The molecular weight excluding hydrogens is 318 g/mol. The molecule has 3 aromatic rings. The van der Waals surface area contributed by atoms with E-state index >= 15 is 0 Å². The lowest BCUT2D eigenvalue weighted by Gasteiger charge is -2.13. The Morgan fingerprint density at radius 3 is 2.83 bits per heavy atom. The molecule has 2 heterocycles. The molecule has 1 atom stereocenters. The number of thiophene rings is 1. The van der Waals surface area contributed by atoms with Crippen molar-refractivity contribution < 1.29 is 4.79 Å². The molecule has 24 heavy (non-hydrogen) atoms. The van der Waals surface area contributed by atoms with Crippen LogP contribution in [0, 0.1) is 0 Å². The average Bonchev–Trinajstić information content (AvgIpc) is 3.21. The molecule has 2 aromatic heterocycles. The van der Waals surface area contributed by atoms with Crippen molar-refractivity contribution in [3.05, 3.63) is 52.9 Å². The van der Waals surface area contributed by atoms with E-state index in [1.54, 1.807) is 11.3 Å². The van der Waals surface area contributed by atoms with Crippen molar-refractivity contribution >= 4 is 33.8 Å². The van der Waals surface area contributed by atoms with Crippen LogP contribution in [-0.2, 0) is 11.3 Å². The third kappa shape index (κ3) is 3.68. The third-order valence-corrected chi connectivity index (χ3v) is 5.25. The number of fused-ring (bicyclic) bond motifs is 1. The molecule has 0 aliphatic rings. The molecule has 0 radical (unpaired) electrons. The first kappa shape index (κ1) is 16.7. The molecule has 0 saturated carbocycles. The highest BCUT2D eigenvalue weighted by molar-refractivity contribution is 7.10. The molecule has 0 fully saturated rings. The largest absolute Gasteiger partial charge is 0.346 e. The second-order valence-corrected chi connectivity index (χ2v) is 7.29. The summed E-state index contributed by atoms with van der Waals surface area (Å²) in [7, 11) is 4.15. The molecule has 1 aromatic carbocycles. The lowest BCUT2D eigenvalue weighted by molar-refractivity contribution is -0.117. The molecule has 4 nitrogen and oxygen atoms in total. The van der Waals surface area contributed by atoms with Crippen molar-refractivity contribution in [2.45, 2.75) is 19.4 Å². The standard InChI is InChI=1S/C19H23N3OS/c1-14(18-5-4-12-24-18)19(23)20-16-7-6-15-8-9-22(17(15)13-16)11-10-21(2)3/h4-9,12-14H,10-11H2,1-3H3,(H,20,23)/t14-/m0/s1. The molecule has 0 unspecified atom stereocenters. The normalized spacial score (nSPS) is 12.7. The van der Waals surface area contributed by atoms with Gasteiger partial charge in [-0.15, -0.1) is 11.3 Å². The summed E-state index contributed by atoms with van der Waals surface area (Å²) in [5, 5.41) is 6.24. The minimum absolute atomic E-state index is 0.0307. The number of amides is 1. The number of carbonyl (C=O) groups is 1. The van der Waals surface area contributed by atoms with E-state index in [2.05, 4.69) is 53.3 Å². The fraction of sp³-hybridized carbons (Fsp3) is 0.316. The monoisotopic (exact) mass is 341 g/mol. The predicted molar refractivity (Wildman–Crippen MR) is 102 cm³/mol. The van der Waals surface area contributed by atoms with Crippen LogP contribution in [0.4, 0.5) is 5.69 Å². The second-order valence-electron chi connectivity index (χ2n) is 6.31. The van der Waals surface area contributed by atoms with E-state index < -0.39 is 0 Å². The molecular formula is C19H23N3OS. The van der Waals surface area contributed by atoms with Gasteiger partial charge in [-0.2, -0.15) is 0 Å². The summed E-state index contributed by atoms with van der Waals surface area (Å²) in [4.78, 5) is 15.7. The van der Waals surface area contributed by atoms with Crippen LogP contribution in [-0.4, -0.2) is 36.0 Å². The van der Waals surface area contributed by atoms with Gasteiger partial charge in [0.25, 0.3) is 0 Å². The van der Waals surface area contributed by atoms with Gasteiger partial charge in [0.05, 0.1) is 11.4 Å². The van der Waals surface area contributed by atoms with Crippen molar-refractivity contribution in [2.24, 2.45) is 0 Å². The van der Waals surface area contributed by atoms with Gasteiger partial charge < -0.3 is 14.8 Å². The van der Waals surface area contributed by atoms with Gasteiger partial charge in [-0.05, 0) is 56.1 Å². The number of nitrogens with zero attached hydrogens (tertiary/aromatic N) is 2. The van der Waals surface area contributed by atoms with E-state index in [1.807, 2.05) is 30.5 Å². The zero-order chi connectivity index (χ0) is 17.1. The topological polar surface area (TPSA) is 37.3 Å². The van der Waals surface area contributed by atoms with Crippen LogP contribution < -0.4 is 5.32 Å². The van der Waals surface area contributed by atoms with Crippen LogP contribution in [0.5, 0.6) is 0 Å². The number of hydrogen-bond acceptors (Lipinski definition) is 3. The van der Waals surface area contributed by atoms with E-state index in [1.165, 1.54) is 5.39 Å². The molecule has 1 N–H and O–H groups in total. The smallest absolute Gasteiger partial charge is 0.232 e. The molecule has 0 spiro atoms. The third-order valence-electron chi connectivity index (χ3n) is 4.19. The number of carbonyl (C=O) groups excluding carboxylic acids is 1. The van der Waals surface area contributed by atoms with Gasteiger partial charge in [0.15, 0.2) is 0 Å². The maximum atomic E-state index is 12.5. The summed E-state index contributed by atoms with van der Waals surface area (Å²) < 4.78 is 2.23. The average molecular weight is 341 g/mol. The van der Waals surface area contributed by atoms with E-state index in [9.17, 15) is 4.79 Å². The summed E-state index contributed by atoms with van der Waals surface area (Å²) in [6.45, 7) is 3.86. The van der Waals surface area contributed by atoms with E-state index in [4.69, 9.17) is 0 Å². The Morgan fingerprint density at radius 1 is 1.29 bits per heavy atom. The first-order valence-corrected chi connectivity index (χ1v) is 9.00.